The zero-order valence-corrected chi connectivity index (χ0v) is 28.0. The van der Waals surface area contributed by atoms with Crippen molar-refractivity contribution in [1.29, 1.82) is 0 Å². The largest absolute Gasteiger partial charge is 0.494 e. The Hall–Kier alpha value is -5.59. The van der Waals surface area contributed by atoms with E-state index in [9.17, 15) is 9.59 Å². The Labute approximate surface area is 284 Å². The Kier molecular flexibility index (Phi) is 11.3. The molecule has 0 radical (unpaired) electrons. The molecule has 49 heavy (non-hydrogen) atoms. The highest BCUT2D eigenvalue weighted by Gasteiger charge is 2.35. The first kappa shape index (κ1) is 34.7. The van der Waals surface area contributed by atoms with Crippen LogP contribution in [0.2, 0.25) is 0 Å². The molecule has 1 N–H and O–H groups in total. The fourth-order valence-corrected chi connectivity index (χ4v) is 5.91. The molecule has 7 rings (SSSR count). The lowest BCUT2D eigenvalue weighted by Gasteiger charge is -2.37. The van der Waals surface area contributed by atoms with Gasteiger partial charge in [-0.15, -0.1) is 0 Å². The minimum Gasteiger partial charge on any atom is -0.494 e. The van der Waals surface area contributed by atoms with Gasteiger partial charge in [0.1, 0.15) is 29.4 Å². The van der Waals surface area contributed by atoms with Crippen LogP contribution in [-0.4, -0.2) is 90.4 Å². The number of hydrogen-bond acceptors (Lipinski definition) is 10. The van der Waals surface area contributed by atoms with Gasteiger partial charge >= 0.3 is 0 Å². The third-order valence-corrected chi connectivity index (χ3v) is 8.32. The molecule has 4 aromatic rings. The second-order valence-corrected chi connectivity index (χ2v) is 11.7. The molecule has 3 aliphatic heterocycles. The number of methoxy groups -OCH3 is 2. The van der Waals surface area contributed by atoms with Gasteiger partial charge in [-0.3, -0.25) is 14.4 Å². The van der Waals surface area contributed by atoms with Crippen LogP contribution in [-0.2, 0) is 11.2 Å². The second-order valence-electron chi connectivity index (χ2n) is 11.7. The fourth-order valence-electron chi connectivity index (χ4n) is 5.91. The first-order chi connectivity index (χ1) is 23.8. The van der Waals surface area contributed by atoms with Crippen molar-refractivity contribution in [3.05, 3.63) is 94.4 Å². The maximum absolute atomic E-state index is 13.9. The van der Waals surface area contributed by atoms with Crippen LogP contribution in [0.25, 0.3) is 0 Å². The highest BCUT2D eigenvalue weighted by atomic mass is 16.5. The van der Waals surface area contributed by atoms with Gasteiger partial charge in [-0.1, -0.05) is 37.2 Å². The van der Waals surface area contributed by atoms with Gasteiger partial charge in [0.2, 0.25) is 11.8 Å². The quantitative estimate of drug-likeness (QED) is 0.285. The summed E-state index contributed by atoms with van der Waals surface area (Å²) >= 11 is 0. The number of carbonyl (C=O) groups is 3. The van der Waals surface area contributed by atoms with Gasteiger partial charge in [-0.2, -0.15) is 4.98 Å². The average Bonchev–Trinajstić information content (AvgIpc) is 3.62. The maximum atomic E-state index is 13.9. The minimum absolute atomic E-state index is 0.124. The van der Waals surface area contributed by atoms with Crippen molar-refractivity contribution in [3.63, 3.8) is 0 Å². The Morgan fingerprint density at radius 1 is 0.939 bits per heavy atom. The minimum atomic E-state index is -0.345. The molecule has 13 nitrogen and oxygen atoms in total. The third-order valence-electron chi connectivity index (χ3n) is 8.32. The molecule has 2 amide bonds. The molecule has 2 aromatic heterocycles. The van der Waals surface area contributed by atoms with Crippen molar-refractivity contribution in [2.45, 2.75) is 38.6 Å². The smallest absolute Gasteiger partial charge is 0.290 e. The number of aromatic nitrogens is 2. The number of hydrogen-bond donors (Lipinski definition) is 1. The highest BCUT2D eigenvalue weighted by molar-refractivity contribution is 5.96. The van der Waals surface area contributed by atoms with E-state index in [0.29, 0.717) is 73.5 Å². The summed E-state index contributed by atoms with van der Waals surface area (Å²) in [5, 5.41) is 11.0. The summed E-state index contributed by atoms with van der Waals surface area (Å²) in [5.41, 5.74) is 3.68. The van der Waals surface area contributed by atoms with Crippen molar-refractivity contribution in [2.24, 2.45) is 0 Å². The van der Waals surface area contributed by atoms with Crippen molar-refractivity contribution in [1.82, 2.24) is 19.9 Å². The van der Waals surface area contributed by atoms with Gasteiger partial charge < -0.3 is 38.4 Å². The molecule has 3 aliphatic rings. The second kappa shape index (κ2) is 16.0. The first-order valence-corrected chi connectivity index (χ1v) is 16.0. The van der Waals surface area contributed by atoms with Crippen LogP contribution in [0, 0.1) is 0 Å². The number of benzene rings is 2. The van der Waals surface area contributed by atoms with Crippen LogP contribution in [0.15, 0.2) is 65.2 Å². The number of amides is 2. The normalized spacial score (nSPS) is 15.7. The predicted octanol–water partition coefficient (Wildman–Crippen LogP) is 5.00. The van der Waals surface area contributed by atoms with Crippen LogP contribution in [0.4, 0.5) is 0 Å². The van der Waals surface area contributed by atoms with Gasteiger partial charge in [0, 0.05) is 31.1 Å². The van der Waals surface area contributed by atoms with Gasteiger partial charge in [0.15, 0.2) is 5.69 Å². The van der Waals surface area contributed by atoms with E-state index in [2.05, 4.69) is 10.1 Å². The molecule has 1 atom stereocenters. The van der Waals surface area contributed by atoms with Crippen LogP contribution < -0.4 is 18.9 Å². The molecule has 0 aliphatic carbocycles. The van der Waals surface area contributed by atoms with Crippen LogP contribution in [0.1, 0.15) is 75.5 Å². The molecule has 0 spiro atoms. The lowest BCUT2D eigenvalue weighted by atomic mass is 9.87. The number of nitrogens with zero attached hydrogens (tertiary/aromatic N) is 4. The molecule has 0 fully saturated rings. The Morgan fingerprint density at radius 2 is 1.71 bits per heavy atom. The molecule has 0 saturated carbocycles. The highest BCUT2D eigenvalue weighted by Crippen LogP contribution is 2.39. The van der Waals surface area contributed by atoms with E-state index in [1.807, 2.05) is 61.2 Å². The Bertz CT molecular complexity index is 1770. The molecule has 6 bridgehead atoms. The number of fused-ring (bicyclic) bond motifs is 8. The molecular formula is C36H40N4O9. The number of carboxylic acid groups (broad SMARTS) is 1. The maximum Gasteiger partial charge on any atom is 0.290 e. The van der Waals surface area contributed by atoms with E-state index >= 15 is 0 Å². The van der Waals surface area contributed by atoms with Crippen molar-refractivity contribution < 1.29 is 43.0 Å². The average molecular weight is 673 g/mol. The van der Waals surface area contributed by atoms with E-state index < -0.39 is 0 Å². The van der Waals surface area contributed by atoms with Crippen molar-refractivity contribution in [2.75, 3.05) is 47.1 Å². The Morgan fingerprint density at radius 3 is 2.45 bits per heavy atom. The van der Waals surface area contributed by atoms with Crippen LogP contribution in [0.5, 0.6) is 23.3 Å². The lowest BCUT2D eigenvalue weighted by molar-refractivity contribution is -0.122. The topological polar surface area (TPSA) is 154 Å². The lowest BCUT2D eigenvalue weighted by Crippen LogP contribution is -2.40. The summed E-state index contributed by atoms with van der Waals surface area (Å²) in [7, 11) is 2.99. The van der Waals surface area contributed by atoms with Crippen LogP contribution >= 0.6 is 0 Å². The molecule has 5 heterocycles. The van der Waals surface area contributed by atoms with Gasteiger partial charge in [-0.25, -0.2) is 0 Å². The zero-order valence-electron chi connectivity index (χ0n) is 28.0. The number of carbonyl (C=O) groups excluding carboxylic acids is 2. The SMILES string of the molecule is COc1ccc(C(=O)N2CCCOc3cccc(c3)C3c4ccc(cc4CCN3C(=O)c3cc(C(C)C)on3)OCC2)c(OC)n1.O=CO. The standard InChI is InChI=1S/C35H38N4O7.CH2O2/c1-22(2)30-21-29(37-46-30)35(41)39-15-13-23-19-26-9-10-27(23)32(39)24-7-5-8-25(20-24)44-17-6-14-38(16-18-45-26)34(40)28-11-12-31(42-3)36-33(28)43-4;2-1-3/h5,7-12,19-22,32H,6,13-18H2,1-4H3;1H,(H,2,3). The van der Waals surface area contributed by atoms with Crippen molar-refractivity contribution >= 4 is 18.3 Å². The zero-order chi connectivity index (χ0) is 34.9. The summed E-state index contributed by atoms with van der Waals surface area (Å²) in [6.45, 7) is 5.70. The van der Waals surface area contributed by atoms with Gasteiger partial charge in [0.05, 0.1) is 33.4 Å². The summed E-state index contributed by atoms with van der Waals surface area (Å²) < 4.78 is 28.4. The van der Waals surface area contributed by atoms with E-state index in [1.165, 1.54) is 14.2 Å². The van der Waals surface area contributed by atoms with Crippen LogP contribution in [0.3, 0.4) is 0 Å². The summed E-state index contributed by atoms with van der Waals surface area (Å²) in [6.07, 6.45) is 1.23. The van der Waals surface area contributed by atoms with Gasteiger partial charge in [-0.05, 0) is 59.9 Å². The van der Waals surface area contributed by atoms with Gasteiger partial charge in [0.25, 0.3) is 18.3 Å². The molecule has 258 valence electrons. The third kappa shape index (κ3) is 7.94. The number of rotatable bonds is 5. The molecule has 13 heteroatoms. The predicted molar refractivity (Wildman–Crippen MR) is 178 cm³/mol. The molecular weight excluding hydrogens is 632 g/mol. The van der Waals surface area contributed by atoms with E-state index in [4.69, 9.17) is 33.4 Å². The summed E-state index contributed by atoms with van der Waals surface area (Å²) in [4.78, 5) is 43.8. The first-order valence-electron chi connectivity index (χ1n) is 16.0. The monoisotopic (exact) mass is 672 g/mol. The fraction of sp³-hybridized carbons (Fsp3) is 0.361. The number of pyridine rings is 1. The molecule has 0 saturated heterocycles. The summed E-state index contributed by atoms with van der Waals surface area (Å²) in [6, 6.07) is 18.5. The molecule has 1 unspecified atom stereocenters. The van der Waals surface area contributed by atoms with E-state index in [1.54, 1.807) is 23.1 Å². The molecule has 2 aromatic carbocycles. The van der Waals surface area contributed by atoms with E-state index in [0.717, 1.165) is 16.7 Å². The number of ether oxygens (including phenoxy) is 4. The summed E-state index contributed by atoms with van der Waals surface area (Å²) in [5.74, 6) is 2.36. The Balaban J connectivity index is 0.00000151. The van der Waals surface area contributed by atoms with Crippen molar-refractivity contribution in [3.8, 4) is 23.3 Å². The van der Waals surface area contributed by atoms with E-state index in [-0.39, 0.29) is 42.7 Å².